The molecule has 0 spiro atoms. The Balaban J connectivity index is 3.48. The number of thiazole rings is 1. The van der Waals surface area contributed by atoms with Crippen molar-refractivity contribution in [2.75, 3.05) is 0 Å². The van der Waals surface area contributed by atoms with E-state index >= 15 is 0 Å². The van der Waals surface area contributed by atoms with Crippen molar-refractivity contribution in [3.63, 3.8) is 0 Å². The minimum Gasteiger partial charge on any atom is -0.386 e. The molecule has 1 atom stereocenters. The van der Waals surface area contributed by atoms with Crippen LogP contribution < -0.4 is 5.14 Å². The number of nitrogens with two attached hydrogens (primary N) is 1. The molecular weight excluding hydrogens is 248 g/mol. The van der Waals surface area contributed by atoms with Gasteiger partial charge in [0.15, 0.2) is 4.21 Å². The molecule has 7 heteroatoms. The highest BCUT2D eigenvalue weighted by Gasteiger charge is 2.29. The Morgan fingerprint density at radius 1 is 1.44 bits per heavy atom. The standard InChI is InChI=1S/C9H16N2O3S2/c1-5(12)7-11-6(9(2,3)4)8(15-7)16(10,13)14/h5,12H,1-4H3,(H2,10,13,14). The first-order valence-electron chi connectivity index (χ1n) is 4.75. The van der Waals surface area contributed by atoms with Crippen LogP contribution >= 0.6 is 11.3 Å². The van der Waals surface area contributed by atoms with Crippen LogP contribution in [-0.4, -0.2) is 18.5 Å². The molecule has 0 aliphatic heterocycles. The van der Waals surface area contributed by atoms with E-state index in [4.69, 9.17) is 5.14 Å². The fourth-order valence-electron chi connectivity index (χ4n) is 1.17. The van der Waals surface area contributed by atoms with E-state index in [0.29, 0.717) is 10.7 Å². The third kappa shape index (κ3) is 2.79. The van der Waals surface area contributed by atoms with Crippen LogP contribution in [0.2, 0.25) is 0 Å². The molecule has 0 saturated heterocycles. The second kappa shape index (κ2) is 4.06. The molecule has 16 heavy (non-hydrogen) atoms. The first-order valence-corrected chi connectivity index (χ1v) is 7.12. The lowest BCUT2D eigenvalue weighted by atomic mass is 9.93. The zero-order valence-electron chi connectivity index (χ0n) is 9.68. The summed E-state index contributed by atoms with van der Waals surface area (Å²) in [7, 11) is -3.78. The summed E-state index contributed by atoms with van der Waals surface area (Å²) in [6.07, 6.45) is -0.790. The van der Waals surface area contributed by atoms with E-state index in [1.807, 2.05) is 20.8 Å². The quantitative estimate of drug-likeness (QED) is 0.837. The summed E-state index contributed by atoms with van der Waals surface area (Å²) in [5, 5.41) is 14.9. The van der Waals surface area contributed by atoms with Crippen LogP contribution in [0.25, 0.3) is 0 Å². The first kappa shape index (κ1) is 13.6. The summed E-state index contributed by atoms with van der Waals surface area (Å²) in [5.41, 5.74) is -0.0123. The molecule has 0 aliphatic carbocycles. The maximum Gasteiger partial charge on any atom is 0.249 e. The number of primary sulfonamides is 1. The molecule has 0 aromatic carbocycles. The fourth-order valence-corrected chi connectivity index (χ4v) is 3.46. The van der Waals surface area contributed by atoms with Crippen LogP contribution in [0, 0.1) is 0 Å². The van der Waals surface area contributed by atoms with Crippen molar-refractivity contribution in [3.05, 3.63) is 10.7 Å². The molecule has 1 rings (SSSR count). The summed E-state index contributed by atoms with van der Waals surface area (Å²) in [4.78, 5) is 4.16. The lowest BCUT2D eigenvalue weighted by Gasteiger charge is -2.16. The molecule has 1 unspecified atom stereocenters. The number of aliphatic hydroxyl groups is 1. The van der Waals surface area contributed by atoms with Gasteiger partial charge in [-0.1, -0.05) is 20.8 Å². The van der Waals surface area contributed by atoms with Gasteiger partial charge < -0.3 is 5.11 Å². The van der Waals surface area contributed by atoms with Gasteiger partial charge in [-0.15, -0.1) is 11.3 Å². The smallest absolute Gasteiger partial charge is 0.249 e. The minimum absolute atomic E-state index is 0.0379. The number of aromatic nitrogens is 1. The largest absolute Gasteiger partial charge is 0.386 e. The zero-order chi connectivity index (χ0) is 12.7. The fraction of sp³-hybridized carbons (Fsp3) is 0.667. The van der Waals surface area contributed by atoms with Gasteiger partial charge in [0, 0.05) is 5.41 Å². The molecule has 0 bridgehead atoms. The number of nitrogens with zero attached hydrogens (tertiary/aromatic N) is 1. The molecular formula is C9H16N2O3S2. The highest BCUT2D eigenvalue weighted by molar-refractivity contribution is 7.91. The number of sulfonamides is 1. The second-order valence-corrected chi connectivity index (χ2v) is 7.45. The minimum atomic E-state index is -3.78. The average molecular weight is 264 g/mol. The van der Waals surface area contributed by atoms with Gasteiger partial charge in [0.05, 0.1) is 5.69 Å². The van der Waals surface area contributed by atoms with Crippen LogP contribution in [-0.2, 0) is 15.4 Å². The van der Waals surface area contributed by atoms with Gasteiger partial charge in [0.2, 0.25) is 10.0 Å². The number of rotatable bonds is 2. The highest BCUT2D eigenvalue weighted by Crippen LogP contribution is 2.34. The van der Waals surface area contributed by atoms with E-state index in [9.17, 15) is 13.5 Å². The van der Waals surface area contributed by atoms with E-state index in [2.05, 4.69) is 4.98 Å². The van der Waals surface area contributed by atoms with Crippen molar-refractivity contribution in [3.8, 4) is 0 Å². The van der Waals surface area contributed by atoms with Gasteiger partial charge in [-0.05, 0) is 6.92 Å². The van der Waals surface area contributed by atoms with Crippen molar-refractivity contribution < 1.29 is 13.5 Å². The monoisotopic (exact) mass is 264 g/mol. The molecule has 92 valence electrons. The van der Waals surface area contributed by atoms with Crippen LogP contribution in [0.4, 0.5) is 0 Å². The summed E-state index contributed by atoms with van der Waals surface area (Å²) >= 11 is 0.927. The average Bonchev–Trinajstić information content (AvgIpc) is 2.44. The topological polar surface area (TPSA) is 93.3 Å². The number of hydrogen-bond acceptors (Lipinski definition) is 5. The predicted octanol–water partition coefficient (Wildman–Crippen LogP) is 1.14. The van der Waals surface area contributed by atoms with Gasteiger partial charge in [-0.25, -0.2) is 18.5 Å². The molecule has 0 fully saturated rings. The number of hydrogen-bond donors (Lipinski definition) is 2. The van der Waals surface area contributed by atoms with E-state index in [1.165, 1.54) is 6.92 Å². The van der Waals surface area contributed by atoms with Gasteiger partial charge >= 0.3 is 0 Å². The normalized spacial score (nSPS) is 15.1. The van der Waals surface area contributed by atoms with E-state index in [-0.39, 0.29) is 4.21 Å². The van der Waals surface area contributed by atoms with Crippen LogP contribution in [0.15, 0.2) is 4.21 Å². The van der Waals surface area contributed by atoms with Crippen molar-refractivity contribution in [1.82, 2.24) is 4.98 Å². The van der Waals surface area contributed by atoms with E-state index in [0.717, 1.165) is 11.3 Å². The van der Waals surface area contributed by atoms with Gasteiger partial charge in [0.25, 0.3) is 0 Å². The molecule has 0 aliphatic rings. The summed E-state index contributed by atoms with van der Waals surface area (Å²) in [6.45, 7) is 7.09. The Morgan fingerprint density at radius 2 is 1.94 bits per heavy atom. The molecule has 0 amide bonds. The summed E-state index contributed by atoms with van der Waals surface area (Å²) in [5.74, 6) is 0. The van der Waals surface area contributed by atoms with Crippen LogP contribution in [0.5, 0.6) is 0 Å². The molecule has 1 aromatic rings. The SMILES string of the molecule is CC(O)c1nc(C(C)(C)C)c(S(N)(=O)=O)s1. The van der Waals surface area contributed by atoms with E-state index in [1.54, 1.807) is 0 Å². The lowest BCUT2D eigenvalue weighted by Crippen LogP contribution is -2.20. The summed E-state index contributed by atoms with van der Waals surface area (Å²) in [6, 6.07) is 0. The zero-order valence-corrected chi connectivity index (χ0v) is 11.3. The van der Waals surface area contributed by atoms with Gasteiger partial charge in [-0.2, -0.15) is 0 Å². The molecule has 0 radical (unpaired) electrons. The van der Waals surface area contributed by atoms with Crippen molar-refractivity contribution >= 4 is 21.4 Å². The number of aliphatic hydroxyl groups excluding tert-OH is 1. The Kier molecular flexibility index (Phi) is 3.45. The second-order valence-electron chi connectivity index (χ2n) is 4.66. The predicted molar refractivity (Wildman–Crippen MR) is 62.8 cm³/mol. The Hall–Kier alpha value is -0.500. The third-order valence-corrected chi connectivity index (χ3v) is 4.62. The first-order chi connectivity index (χ1) is 7.03. The van der Waals surface area contributed by atoms with Crippen molar-refractivity contribution in [1.29, 1.82) is 0 Å². The Labute approximate surface area is 99.4 Å². The van der Waals surface area contributed by atoms with Crippen molar-refractivity contribution in [2.45, 2.75) is 43.4 Å². The van der Waals surface area contributed by atoms with Gasteiger partial charge in [-0.3, -0.25) is 0 Å². The molecule has 1 heterocycles. The van der Waals surface area contributed by atoms with Gasteiger partial charge in [0.1, 0.15) is 11.1 Å². The van der Waals surface area contributed by atoms with Crippen LogP contribution in [0.3, 0.4) is 0 Å². The summed E-state index contributed by atoms with van der Waals surface area (Å²) < 4.78 is 22.8. The Morgan fingerprint density at radius 3 is 2.19 bits per heavy atom. The molecule has 0 saturated carbocycles. The molecule has 5 nitrogen and oxygen atoms in total. The van der Waals surface area contributed by atoms with Crippen LogP contribution in [0.1, 0.15) is 44.5 Å². The highest BCUT2D eigenvalue weighted by atomic mass is 32.2. The molecule has 3 N–H and O–H groups in total. The maximum absolute atomic E-state index is 11.4. The lowest BCUT2D eigenvalue weighted by molar-refractivity contribution is 0.198. The van der Waals surface area contributed by atoms with E-state index < -0.39 is 21.5 Å². The Bertz CT molecular complexity index is 483. The maximum atomic E-state index is 11.4. The van der Waals surface area contributed by atoms with Crippen molar-refractivity contribution in [2.24, 2.45) is 5.14 Å². The third-order valence-electron chi connectivity index (χ3n) is 1.94. The molecule has 1 aromatic heterocycles.